The van der Waals surface area contributed by atoms with Crippen molar-refractivity contribution < 1.29 is 4.79 Å². The Balaban J connectivity index is 1.59. The van der Waals surface area contributed by atoms with Gasteiger partial charge in [0.15, 0.2) is 0 Å². The van der Waals surface area contributed by atoms with Crippen molar-refractivity contribution in [1.82, 2.24) is 10.3 Å². The lowest BCUT2D eigenvalue weighted by molar-refractivity contribution is -0.122. The monoisotopic (exact) mass is 336 g/mol. The molecule has 0 spiro atoms. The van der Waals surface area contributed by atoms with Crippen molar-refractivity contribution in [2.24, 2.45) is 5.92 Å². The van der Waals surface area contributed by atoms with E-state index in [1.165, 1.54) is 37.7 Å². The van der Waals surface area contributed by atoms with E-state index < -0.39 is 0 Å². The van der Waals surface area contributed by atoms with Crippen LogP contribution in [0.3, 0.4) is 0 Å². The number of benzene rings is 1. The second kappa shape index (κ2) is 9.36. The Labute approximate surface area is 150 Å². The maximum atomic E-state index is 12.5. The Morgan fingerprint density at radius 1 is 1.04 bits per heavy atom. The molecule has 1 unspecified atom stereocenters. The first-order valence-corrected chi connectivity index (χ1v) is 9.55. The number of carbonyl (C=O) groups excluding carboxylic acids is 1. The van der Waals surface area contributed by atoms with Crippen LogP contribution in [0, 0.1) is 5.92 Å². The van der Waals surface area contributed by atoms with Crippen LogP contribution in [0.15, 0.2) is 54.7 Å². The summed E-state index contributed by atoms with van der Waals surface area (Å²) in [5.74, 6) is 0.852. The summed E-state index contributed by atoms with van der Waals surface area (Å²) >= 11 is 0. The Morgan fingerprint density at radius 2 is 1.80 bits per heavy atom. The first-order valence-electron chi connectivity index (χ1n) is 9.55. The number of hydrogen-bond donors (Lipinski definition) is 1. The molecule has 1 aliphatic rings. The minimum atomic E-state index is 0.121. The summed E-state index contributed by atoms with van der Waals surface area (Å²) in [6.45, 7) is 0. The average Bonchev–Trinajstić information content (AvgIpc) is 2.68. The van der Waals surface area contributed by atoms with Crippen LogP contribution >= 0.6 is 0 Å². The van der Waals surface area contributed by atoms with E-state index in [0.29, 0.717) is 12.8 Å². The molecule has 1 heterocycles. The van der Waals surface area contributed by atoms with E-state index in [2.05, 4.69) is 34.6 Å². The van der Waals surface area contributed by atoms with Crippen LogP contribution < -0.4 is 5.32 Å². The van der Waals surface area contributed by atoms with Gasteiger partial charge in [0.2, 0.25) is 5.91 Å². The molecule has 3 heteroatoms. The minimum Gasteiger partial charge on any atom is -0.349 e. The summed E-state index contributed by atoms with van der Waals surface area (Å²) in [6.07, 6.45) is 10.6. The van der Waals surface area contributed by atoms with E-state index >= 15 is 0 Å². The molecule has 3 rings (SSSR count). The molecule has 132 valence electrons. The van der Waals surface area contributed by atoms with E-state index in [1.807, 2.05) is 24.3 Å². The van der Waals surface area contributed by atoms with Crippen LogP contribution in [-0.4, -0.2) is 10.9 Å². The van der Waals surface area contributed by atoms with Crippen molar-refractivity contribution in [3.05, 3.63) is 66.0 Å². The highest BCUT2D eigenvalue weighted by atomic mass is 16.1. The second-order valence-corrected chi connectivity index (χ2v) is 7.09. The van der Waals surface area contributed by atoms with Gasteiger partial charge in [-0.05, 0) is 36.5 Å². The van der Waals surface area contributed by atoms with Gasteiger partial charge in [0.1, 0.15) is 0 Å². The molecule has 3 nitrogen and oxygen atoms in total. The molecule has 1 aliphatic carbocycles. The van der Waals surface area contributed by atoms with Gasteiger partial charge in [-0.1, -0.05) is 68.5 Å². The van der Waals surface area contributed by atoms with Gasteiger partial charge in [0.25, 0.3) is 0 Å². The van der Waals surface area contributed by atoms with Crippen LogP contribution in [0.4, 0.5) is 0 Å². The van der Waals surface area contributed by atoms with E-state index in [4.69, 9.17) is 0 Å². The molecule has 1 amide bonds. The van der Waals surface area contributed by atoms with E-state index in [9.17, 15) is 4.79 Å². The zero-order valence-corrected chi connectivity index (χ0v) is 14.9. The summed E-state index contributed by atoms with van der Waals surface area (Å²) in [5, 5.41) is 3.28. The lowest BCUT2D eigenvalue weighted by atomic mass is 9.83. The standard InChI is InChI=1S/C22H28N2O/c25-22(15-14-20-13-7-8-16-23-20)24-21(19-11-5-2-6-12-19)17-18-9-3-1-4-10-18/h2,5-8,11-13,16,18,21H,1,3-4,9-10,14-15,17H2,(H,24,25). The van der Waals surface area contributed by atoms with Crippen molar-refractivity contribution in [1.29, 1.82) is 0 Å². The molecule has 1 saturated carbocycles. The van der Waals surface area contributed by atoms with Gasteiger partial charge in [0, 0.05) is 18.3 Å². The third kappa shape index (κ3) is 5.70. The number of nitrogens with one attached hydrogen (secondary N) is 1. The normalized spacial score (nSPS) is 16.3. The first kappa shape index (κ1) is 17.7. The number of hydrogen-bond acceptors (Lipinski definition) is 2. The Morgan fingerprint density at radius 3 is 2.52 bits per heavy atom. The maximum Gasteiger partial charge on any atom is 0.220 e. The maximum absolute atomic E-state index is 12.5. The lowest BCUT2D eigenvalue weighted by Crippen LogP contribution is -2.30. The van der Waals surface area contributed by atoms with Gasteiger partial charge in [-0.25, -0.2) is 0 Å². The number of nitrogens with zero attached hydrogens (tertiary/aromatic N) is 1. The number of pyridine rings is 1. The summed E-state index contributed by atoms with van der Waals surface area (Å²) in [5.41, 5.74) is 2.19. The Hall–Kier alpha value is -2.16. The Bertz CT molecular complexity index is 636. The molecule has 25 heavy (non-hydrogen) atoms. The van der Waals surface area contributed by atoms with Gasteiger partial charge in [-0.2, -0.15) is 0 Å². The van der Waals surface area contributed by atoms with Gasteiger partial charge in [-0.15, -0.1) is 0 Å². The van der Waals surface area contributed by atoms with Crippen LogP contribution in [0.5, 0.6) is 0 Å². The molecule has 2 aromatic rings. The fourth-order valence-electron chi connectivity index (χ4n) is 3.77. The number of amides is 1. The summed E-state index contributed by atoms with van der Waals surface area (Å²) < 4.78 is 0. The van der Waals surface area contributed by atoms with Crippen molar-refractivity contribution >= 4 is 5.91 Å². The van der Waals surface area contributed by atoms with Crippen LogP contribution in [0.2, 0.25) is 0 Å². The van der Waals surface area contributed by atoms with Gasteiger partial charge < -0.3 is 5.32 Å². The van der Waals surface area contributed by atoms with Crippen molar-refractivity contribution in [3.63, 3.8) is 0 Å². The fourth-order valence-corrected chi connectivity index (χ4v) is 3.77. The first-order chi connectivity index (χ1) is 12.3. The average molecular weight is 336 g/mol. The van der Waals surface area contributed by atoms with Crippen molar-refractivity contribution in [2.45, 2.75) is 57.4 Å². The number of aryl methyl sites for hydroxylation is 1. The minimum absolute atomic E-state index is 0.121. The van der Waals surface area contributed by atoms with Gasteiger partial charge in [0.05, 0.1) is 6.04 Å². The summed E-state index contributed by atoms with van der Waals surface area (Å²) in [7, 11) is 0. The zero-order valence-electron chi connectivity index (χ0n) is 14.9. The predicted molar refractivity (Wildman–Crippen MR) is 101 cm³/mol. The molecule has 1 aromatic carbocycles. The highest BCUT2D eigenvalue weighted by Gasteiger charge is 2.21. The second-order valence-electron chi connectivity index (χ2n) is 7.09. The Kier molecular flexibility index (Phi) is 6.61. The number of carbonyl (C=O) groups is 1. The van der Waals surface area contributed by atoms with Gasteiger partial charge in [-0.3, -0.25) is 9.78 Å². The topological polar surface area (TPSA) is 42.0 Å². The summed E-state index contributed by atoms with van der Waals surface area (Å²) in [6, 6.07) is 16.4. The molecular formula is C22H28N2O. The predicted octanol–water partition coefficient (Wildman–Crippen LogP) is 4.84. The smallest absolute Gasteiger partial charge is 0.220 e. The van der Waals surface area contributed by atoms with E-state index in [1.54, 1.807) is 6.20 Å². The third-order valence-electron chi connectivity index (χ3n) is 5.17. The quantitative estimate of drug-likeness (QED) is 0.786. The molecule has 1 N–H and O–H groups in total. The summed E-state index contributed by atoms with van der Waals surface area (Å²) in [4.78, 5) is 16.8. The van der Waals surface area contributed by atoms with Crippen LogP contribution in [-0.2, 0) is 11.2 Å². The van der Waals surface area contributed by atoms with Crippen molar-refractivity contribution in [3.8, 4) is 0 Å². The SMILES string of the molecule is O=C(CCc1ccccn1)NC(CC1CCCCC1)c1ccccc1. The molecule has 0 saturated heterocycles. The molecule has 1 aromatic heterocycles. The molecule has 1 atom stereocenters. The largest absolute Gasteiger partial charge is 0.349 e. The number of rotatable bonds is 7. The third-order valence-corrected chi connectivity index (χ3v) is 5.17. The van der Waals surface area contributed by atoms with E-state index in [-0.39, 0.29) is 11.9 Å². The highest BCUT2D eigenvalue weighted by molar-refractivity contribution is 5.76. The molecule has 0 bridgehead atoms. The molecule has 0 aliphatic heterocycles. The molecule has 1 fully saturated rings. The molecular weight excluding hydrogens is 308 g/mol. The fraction of sp³-hybridized carbons (Fsp3) is 0.455. The van der Waals surface area contributed by atoms with Crippen LogP contribution in [0.25, 0.3) is 0 Å². The molecule has 0 radical (unpaired) electrons. The highest BCUT2D eigenvalue weighted by Crippen LogP contribution is 2.32. The van der Waals surface area contributed by atoms with Crippen LogP contribution in [0.1, 0.15) is 62.2 Å². The van der Waals surface area contributed by atoms with Crippen molar-refractivity contribution in [2.75, 3.05) is 0 Å². The van der Waals surface area contributed by atoms with Gasteiger partial charge >= 0.3 is 0 Å². The number of aromatic nitrogens is 1. The lowest BCUT2D eigenvalue weighted by Gasteiger charge is -2.27. The van der Waals surface area contributed by atoms with E-state index in [0.717, 1.165) is 18.0 Å². The zero-order chi connectivity index (χ0) is 17.3.